The molecule has 0 aliphatic carbocycles. The van der Waals surface area contributed by atoms with Gasteiger partial charge in [0.1, 0.15) is 30.4 Å². The average molecular weight is 929 g/mol. The molecular formula is C30H17N6Na5O14S4. The fourth-order valence-electron chi connectivity index (χ4n) is 5.12. The van der Waals surface area contributed by atoms with Gasteiger partial charge in [0.2, 0.25) is 17.8 Å². The molecule has 0 aliphatic rings. The van der Waals surface area contributed by atoms with Crippen LogP contribution in [0.5, 0.6) is 0 Å². The van der Waals surface area contributed by atoms with Gasteiger partial charge in [0.25, 0.3) is 0 Å². The Morgan fingerprint density at radius 1 is 0.593 bits per heavy atom. The van der Waals surface area contributed by atoms with Crippen molar-refractivity contribution < 1.29 is 211 Å². The van der Waals surface area contributed by atoms with Crippen molar-refractivity contribution in [3.63, 3.8) is 0 Å². The third kappa shape index (κ3) is 14.5. The normalized spacial score (nSPS) is 11.1. The maximum atomic E-state index is 12.0. The summed E-state index contributed by atoms with van der Waals surface area (Å²) in [5, 5.41) is 33.7. The first-order chi connectivity index (χ1) is 25.4. The zero-order chi connectivity index (χ0) is 39.0. The summed E-state index contributed by atoms with van der Waals surface area (Å²) in [6, 6.07) is 17.1. The van der Waals surface area contributed by atoms with Gasteiger partial charge in [-0.2, -0.15) is 19.3 Å². The van der Waals surface area contributed by atoms with E-state index in [-0.39, 0.29) is 215 Å². The number of hydrogen-bond donors (Lipinski definition) is 3. The fourth-order valence-corrected chi connectivity index (χ4v) is 7.71. The minimum absolute atomic E-state index is 0. The summed E-state index contributed by atoms with van der Waals surface area (Å²) in [5.41, 5.74) is 0.0436. The molecule has 59 heavy (non-hydrogen) atoms. The van der Waals surface area contributed by atoms with Crippen LogP contribution < -0.4 is 174 Å². The molecule has 0 saturated carbocycles. The van der Waals surface area contributed by atoms with Crippen LogP contribution in [0.25, 0.3) is 21.5 Å². The molecule has 280 valence electrons. The SMILES string of the molecule is O=C([O-])c1ccccc1Nc1nc(Nc2ccc3c(S(=O)(=O)[O-])cc(SOO[O-])cc3c2)nc(Nc2ccc3c(S(=O)(=O)[O-])cc(S(=O)(=O)[O-])cc3c2)n1.[Na+].[Na+].[Na+].[Na+].[Na+]. The van der Waals surface area contributed by atoms with Gasteiger partial charge in [0.05, 0.1) is 32.7 Å². The van der Waals surface area contributed by atoms with Crippen molar-refractivity contribution in [2.45, 2.75) is 19.6 Å². The first-order valence-corrected chi connectivity index (χ1v) is 19.4. The minimum atomic E-state index is -5.23. The number of hydrogen-bond acceptors (Lipinski definition) is 21. The molecule has 0 amide bonds. The molecule has 1 heterocycles. The van der Waals surface area contributed by atoms with Crippen LogP contribution in [-0.4, -0.2) is 59.8 Å². The molecule has 0 atom stereocenters. The topological polar surface area (TPSA) is 328 Å². The number of rotatable bonds is 13. The molecule has 0 aliphatic heterocycles. The predicted molar refractivity (Wildman–Crippen MR) is 180 cm³/mol. The number of aromatic carboxylic acids is 1. The Morgan fingerprint density at radius 2 is 1.07 bits per heavy atom. The van der Waals surface area contributed by atoms with Gasteiger partial charge in [0, 0.05) is 27.5 Å². The average Bonchev–Trinajstić information content (AvgIpc) is 3.08. The van der Waals surface area contributed by atoms with Crippen LogP contribution in [0.4, 0.5) is 34.9 Å². The van der Waals surface area contributed by atoms with Crippen LogP contribution in [0.3, 0.4) is 0 Å². The molecule has 6 rings (SSSR count). The van der Waals surface area contributed by atoms with E-state index in [1.54, 1.807) is 0 Å². The van der Waals surface area contributed by atoms with E-state index in [4.69, 9.17) is 0 Å². The van der Waals surface area contributed by atoms with Crippen LogP contribution in [0, 0.1) is 0 Å². The van der Waals surface area contributed by atoms with Crippen molar-refractivity contribution in [3.05, 3.63) is 90.5 Å². The van der Waals surface area contributed by atoms with Crippen molar-refractivity contribution >= 4 is 105 Å². The van der Waals surface area contributed by atoms with Crippen molar-refractivity contribution in [2.24, 2.45) is 0 Å². The van der Waals surface area contributed by atoms with Crippen LogP contribution in [-0.2, 0) is 39.7 Å². The quantitative estimate of drug-likeness (QED) is 0.0318. The molecule has 20 nitrogen and oxygen atoms in total. The molecule has 0 bridgehead atoms. The van der Waals surface area contributed by atoms with Gasteiger partial charge in [0.15, 0.2) is 0 Å². The maximum Gasteiger partial charge on any atom is 1.00 e. The molecular weight excluding hydrogens is 912 g/mol. The Morgan fingerprint density at radius 3 is 1.54 bits per heavy atom. The second-order valence-corrected chi connectivity index (χ2v) is 15.7. The number of benzene rings is 5. The van der Waals surface area contributed by atoms with Gasteiger partial charge >= 0.3 is 148 Å². The van der Waals surface area contributed by atoms with Crippen LogP contribution in [0.15, 0.2) is 105 Å². The molecule has 0 spiro atoms. The van der Waals surface area contributed by atoms with Crippen LogP contribution in [0.2, 0.25) is 0 Å². The molecule has 0 saturated heterocycles. The van der Waals surface area contributed by atoms with Gasteiger partial charge in [-0.05, 0) is 76.1 Å². The van der Waals surface area contributed by atoms with E-state index >= 15 is 0 Å². The van der Waals surface area contributed by atoms with Crippen molar-refractivity contribution in [2.75, 3.05) is 16.0 Å². The second-order valence-electron chi connectivity index (χ2n) is 10.8. The number of carbonyl (C=O) groups excluding carboxylic acids is 1. The van der Waals surface area contributed by atoms with Crippen molar-refractivity contribution in [3.8, 4) is 0 Å². The molecule has 5 aromatic carbocycles. The van der Waals surface area contributed by atoms with Gasteiger partial charge in [-0.3, -0.25) is 5.04 Å². The van der Waals surface area contributed by atoms with Crippen LogP contribution in [0.1, 0.15) is 10.4 Å². The van der Waals surface area contributed by atoms with Crippen LogP contribution >= 0.6 is 12.0 Å². The van der Waals surface area contributed by atoms with E-state index in [9.17, 15) is 54.1 Å². The summed E-state index contributed by atoms with van der Waals surface area (Å²) in [5.74, 6) is -2.25. The van der Waals surface area contributed by atoms with Gasteiger partial charge in [-0.25, -0.2) is 25.3 Å². The molecule has 0 fully saturated rings. The van der Waals surface area contributed by atoms with E-state index in [1.807, 2.05) is 0 Å². The maximum absolute atomic E-state index is 12.0. The summed E-state index contributed by atoms with van der Waals surface area (Å²) in [6.07, 6.45) is 0. The first-order valence-electron chi connectivity index (χ1n) is 14.4. The van der Waals surface area contributed by atoms with E-state index in [1.165, 1.54) is 66.7 Å². The van der Waals surface area contributed by atoms with E-state index < -0.39 is 51.0 Å². The number of para-hydroxylation sites is 1. The third-order valence-corrected chi connectivity index (χ3v) is 10.4. The summed E-state index contributed by atoms with van der Waals surface area (Å²) < 4.78 is 111. The molecule has 1 aromatic heterocycles. The Bertz CT molecular complexity index is 2850. The number of carboxylic acid groups (broad SMARTS) is 1. The monoisotopic (exact) mass is 928 g/mol. The Balaban J connectivity index is 0.00000348. The van der Waals surface area contributed by atoms with Gasteiger partial charge in [-0.15, -0.1) is 0 Å². The summed E-state index contributed by atoms with van der Waals surface area (Å²) in [6.45, 7) is 0. The molecule has 29 heteroatoms. The Hall–Kier alpha value is -0.540. The van der Waals surface area contributed by atoms with E-state index in [0.29, 0.717) is 18.1 Å². The standard InChI is InChI=1S/C30H22N6O14S4.5Na/c37-27(38)23-3-1-2-4-24(23)33-30-35-28(31-17-5-7-21-15(9-17)11-19(51-50-49-39)13-25(21)53(43,44)45)34-29(36-30)32-18-6-8-22-16(10-18)12-20(52(40,41)42)14-26(22)54(46,47)48;;;;;/h1-14,39H,(H,37,38)(H,40,41,42)(H,43,44,45)(H,46,47,48)(H3,31,32,33,34,35,36);;;;;/q;5*+1/p-5. The molecule has 6 aromatic rings. The second kappa shape index (κ2) is 23.4. The zero-order valence-electron chi connectivity index (χ0n) is 31.3. The third-order valence-electron chi connectivity index (χ3n) is 7.30. The number of carboxylic acids is 1. The Labute approximate surface area is 450 Å². The van der Waals surface area contributed by atoms with Gasteiger partial charge in [-0.1, -0.05) is 30.3 Å². The fraction of sp³-hybridized carbons (Fsp3) is 0. The number of nitrogens with one attached hydrogen (secondary N) is 3. The first kappa shape index (κ1) is 56.5. The number of anilines is 6. The largest absolute Gasteiger partial charge is 1.00 e. The van der Waals surface area contributed by atoms with E-state index in [2.05, 4.69) is 40.3 Å². The molecule has 0 radical (unpaired) electrons. The summed E-state index contributed by atoms with van der Waals surface area (Å²) in [4.78, 5) is 22.0. The van der Waals surface area contributed by atoms with E-state index in [0.717, 1.165) is 12.1 Å². The minimum Gasteiger partial charge on any atom is -0.744 e. The number of aromatic nitrogens is 3. The number of carbonyl (C=O) groups is 1. The summed E-state index contributed by atoms with van der Waals surface area (Å²) in [7, 11) is -15.4. The zero-order valence-corrected chi connectivity index (χ0v) is 44.5. The predicted octanol–water partition coefficient (Wildman–Crippen LogP) is -13.3. The smallest absolute Gasteiger partial charge is 0.744 e. The molecule has 0 unspecified atom stereocenters. The summed E-state index contributed by atoms with van der Waals surface area (Å²) >= 11 is 0.344. The molecule has 3 N–H and O–H groups in total. The van der Waals surface area contributed by atoms with Gasteiger partial charge < -0.3 is 44.8 Å². The number of fused-ring (bicyclic) bond motifs is 2. The van der Waals surface area contributed by atoms with Crippen molar-refractivity contribution in [1.82, 2.24) is 15.0 Å². The number of nitrogens with zero attached hydrogens (tertiary/aromatic N) is 3. The van der Waals surface area contributed by atoms with Crippen molar-refractivity contribution in [1.29, 1.82) is 0 Å². The Kier molecular flexibility index (Phi) is 22.4.